The van der Waals surface area contributed by atoms with Crippen LogP contribution >= 0.6 is 0 Å². The summed E-state index contributed by atoms with van der Waals surface area (Å²) in [5, 5.41) is 0. The first kappa shape index (κ1) is 13.1. The van der Waals surface area contributed by atoms with E-state index in [1.165, 1.54) is 0 Å². The minimum Gasteiger partial charge on any atom is -0.456 e. The van der Waals surface area contributed by atoms with Crippen LogP contribution < -0.4 is 0 Å². The molecule has 0 aromatic rings. The molecule has 0 spiro atoms. The smallest absolute Gasteiger partial charge is 0.422 e. The number of carbonyl (C=O) groups excluding carboxylic acids is 1. The summed E-state index contributed by atoms with van der Waals surface area (Å²) in [6.45, 7) is 4.40. The molecule has 2 nitrogen and oxygen atoms in total. The molecule has 0 unspecified atom stereocenters. The SMILES string of the molecule is C=C(C(=O)OC1(C)CCCCC1)C(F)(F)F. The van der Waals surface area contributed by atoms with Crippen LogP contribution in [0, 0.1) is 0 Å². The predicted octanol–water partition coefficient (Wildman–Crippen LogP) is 3.37. The number of hydrogen-bond acceptors (Lipinski definition) is 2. The lowest BCUT2D eigenvalue weighted by Crippen LogP contribution is -2.36. The number of carbonyl (C=O) groups is 1. The Labute approximate surface area is 92.5 Å². The summed E-state index contributed by atoms with van der Waals surface area (Å²) in [6, 6.07) is 0. The van der Waals surface area contributed by atoms with Crippen LogP contribution in [0.3, 0.4) is 0 Å². The summed E-state index contributed by atoms with van der Waals surface area (Å²) < 4.78 is 41.4. The van der Waals surface area contributed by atoms with E-state index in [-0.39, 0.29) is 0 Å². The average molecular weight is 236 g/mol. The van der Waals surface area contributed by atoms with Crippen molar-refractivity contribution < 1.29 is 22.7 Å². The third kappa shape index (κ3) is 3.25. The molecule has 1 aliphatic rings. The van der Waals surface area contributed by atoms with Gasteiger partial charge in [-0.05, 0) is 32.6 Å². The maximum absolute atomic E-state index is 12.2. The Morgan fingerprint density at radius 3 is 2.19 bits per heavy atom. The van der Waals surface area contributed by atoms with Gasteiger partial charge < -0.3 is 4.74 Å². The van der Waals surface area contributed by atoms with Gasteiger partial charge in [-0.3, -0.25) is 0 Å². The second-order valence-electron chi connectivity index (χ2n) is 4.38. The van der Waals surface area contributed by atoms with Gasteiger partial charge in [0.1, 0.15) is 11.2 Å². The van der Waals surface area contributed by atoms with Crippen LogP contribution in [0.2, 0.25) is 0 Å². The molecular weight excluding hydrogens is 221 g/mol. The van der Waals surface area contributed by atoms with Crippen LogP contribution in [-0.4, -0.2) is 17.7 Å². The summed E-state index contributed by atoms with van der Waals surface area (Å²) in [5.41, 5.74) is -2.19. The zero-order valence-electron chi connectivity index (χ0n) is 9.19. The van der Waals surface area contributed by atoms with Crippen LogP contribution in [-0.2, 0) is 9.53 Å². The van der Waals surface area contributed by atoms with Crippen molar-refractivity contribution in [3.63, 3.8) is 0 Å². The summed E-state index contributed by atoms with van der Waals surface area (Å²) in [6.07, 6.45) is -0.687. The standard InChI is InChI=1S/C11H15F3O2/c1-8(11(12,13)14)9(15)16-10(2)6-4-3-5-7-10/h1,3-7H2,2H3. The maximum Gasteiger partial charge on any atom is 0.422 e. The van der Waals surface area contributed by atoms with Crippen molar-refractivity contribution >= 4 is 5.97 Å². The highest BCUT2D eigenvalue weighted by atomic mass is 19.4. The van der Waals surface area contributed by atoms with E-state index < -0.39 is 23.3 Å². The first-order valence-electron chi connectivity index (χ1n) is 5.24. The molecule has 0 amide bonds. The molecule has 1 fully saturated rings. The highest BCUT2D eigenvalue weighted by Crippen LogP contribution is 2.33. The molecule has 1 saturated carbocycles. The number of hydrogen-bond donors (Lipinski definition) is 0. The Kier molecular flexibility index (Phi) is 3.65. The van der Waals surface area contributed by atoms with E-state index in [0.717, 1.165) is 19.3 Å². The van der Waals surface area contributed by atoms with Crippen LogP contribution in [0.1, 0.15) is 39.0 Å². The van der Waals surface area contributed by atoms with Crippen molar-refractivity contribution in [3.05, 3.63) is 12.2 Å². The molecule has 1 rings (SSSR count). The molecule has 0 N–H and O–H groups in total. The van der Waals surface area contributed by atoms with Crippen molar-refractivity contribution in [2.24, 2.45) is 0 Å². The Morgan fingerprint density at radius 2 is 1.75 bits per heavy atom. The molecule has 0 bridgehead atoms. The molecule has 0 atom stereocenters. The van der Waals surface area contributed by atoms with Crippen molar-refractivity contribution in [3.8, 4) is 0 Å². The number of ether oxygens (including phenoxy) is 1. The second kappa shape index (κ2) is 4.47. The number of esters is 1. The molecule has 0 aromatic heterocycles. The first-order valence-corrected chi connectivity index (χ1v) is 5.24. The molecule has 16 heavy (non-hydrogen) atoms. The Bertz CT molecular complexity index is 288. The van der Waals surface area contributed by atoms with Crippen molar-refractivity contribution in [2.75, 3.05) is 0 Å². The highest BCUT2D eigenvalue weighted by molar-refractivity contribution is 5.89. The van der Waals surface area contributed by atoms with E-state index >= 15 is 0 Å². The van der Waals surface area contributed by atoms with Gasteiger partial charge in [-0.1, -0.05) is 13.0 Å². The molecule has 1 aliphatic carbocycles. The Balaban J connectivity index is 2.60. The minimum atomic E-state index is -4.71. The third-order valence-corrected chi connectivity index (χ3v) is 2.84. The highest BCUT2D eigenvalue weighted by Gasteiger charge is 2.41. The number of halogens is 3. The summed E-state index contributed by atoms with van der Waals surface area (Å²) in [4.78, 5) is 11.2. The molecule has 0 radical (unpaired) electrons. The Morgan fingerprint density at radius 1 is 1.25 bits per heavy atom. The number of rotatable bonds is 2. The van der Waals surface area contributed by atoms with E-state index in [1.807, 2.05) is 0 Å². The normalized spacial score (nSPS) is 20.2. The van der Waals surface area contributed by atoms with Crippen molar-refractivity contribution in [1.82, 2.24) is 0 Å². The van der Waals surface area contributed by atoms with Gasteiger partial charge in [0.2, 0.25) is 0 Å². The predicted molar refractivity (Wildman–Crippen MR) is 52.8 cm³/mol. The quantitative estimate of drug-likeness (QED) is 0.542. The van der Waals surface area contributed by atoms with E-state index in [2.05, 4.69) is 6.58 Å². The molecule has 0 aliphatic heterocycles. The molecule has 0 heterocycles. The lowest BCUT2D eigenvalue weighted by molar-refractivity contribution is -0.166. The fraction of sp³-hybridized carbons (Fsp3) is 0.727. The van der Waals surface area contributed by atoms with E-state index in [1.54, 1.807) is 6.92 Å². The first-order chi connectivity index (χ1) is 7.25. The van der Waals surface area contributed by atoms with Gasteiger partial charge in [-0.25, -0.2) is 4.79 Å². The lowest BCUT2D eigenvalue weighted by atomic mass is 9.86. The number of alkyl halides is 3. The van der Waals surface area contributed by atoms with E-state index in [0.29, 0.717) is 12.8 Å². The lowest BCUT2D eigenvalue weighted by Gasteiger charge is -2.33. The molecular formula is C11H15F3O2. The second-order valence-corrected chi connectivity index (χ2v) is 4.38. The Hall–Kier alpha value is -1.00. The molecule has 92 valence electrons. The third-order valence-electron chi connectivity index (χ3n) is 2.84. The monoisotopic (exact) mass is 236 g/mol. The van der Waals surface area contributed by atoms with Crippen LogP contribution in [0.15, 0.2) is 12.2 Å². The van der Waals surface area contributed by atoms with Gasteiger partial charge >= 0.3 is 12.1 Å². The zero-order chi connectivity index (χ0) is 12.4. The topological polar surface area (TPSA) is 26.3 Å². The summed E-state index contributed by atoms with van der Waals surface area (Å²) >= 11 is 0. The van der Waals surface area contributed by atoms with Gasteiger partial charge in [0, 0.05) is 0 Å². The maximum atomic E-state index is 12.2. The van der Waals surface area contributed by atoms with Crippen LogP contribution in [0.5, 0.6) is 0 Å². The zero-order valence-corrected chi connectivity index (χ0v) is 9.19. The average Bonchev–Trinajstić information content (AvgIpc) is 2.15. The minimum absolute atomic E-state index is 0.615. The van der Waals surface area contributed by atoms with E-state index in [9.17, 15) is 18.0 Å². The summed E-state index contributed by atoms with van der Waals surface area (Å²) in [5.74, 6) is -1.35. The van der Waals surface area contributed by atoms with Gasteiger partial charge in [0.15, 0.2) is 0 Å². The molecule has 0 aromatic carbocycles. The van der Waals surface area contributed by atoms with Gasteiger partial charge in [-0.15, -0.1) is 0 Å². The molecule has 0 saturated heterocycles. The molecule has 5 heteroatoms. The van der Waals surface area contributed by atoms with Gasteiger partial charge in [-0.2, -0.15) is 13.2 Å². The van der Waals surface area contributed by atoms with Gasteiger partial charge in [0.25, 0.3) is 0 Å². The fourth-order valence-corrected chi connectivity index (χ4v) is 1.80. The fourth-order valence-electron chi connectivity index (χ4n) is 1.80. The van der Waals surface area contributed by atoms with Gasteiger partial charge in [0.05, 0.1) is 0 Å². The van der Waals surface area contributed by atoms with Crippen molar-refractivity contribution in [1.29, 1.82) is 0 Å². The summed E-state index contributed by atoms with van der Waals surface area (Å²) in [7, 11) is 0. The van der Waals surface area contributed by atoms with Crippen LogP contribution in [0.4, 0.5) is 13.2 Å². The van der Waals surface area contributed by atoms with Crippen molar-refractivity contribution in [2.45, 2.75) is 50.8 Å². The van der Waals surface area contributed by atoms with Crippen LogP contribution in [0.25, 0.3) is 0 Å². The van der Waals surface area contributed by atoms with E-state index in [4.69, 9.17) is 4.74 Å². The largest absolute Gasteiger partial charge is 0.456 e.